The molecule has 1 aromatic heterocycles. The number of methoxy groups -OCH3 is 1. The number of nitrogens with one attached hydrogen (secondary N) is 1. The molecule has 5 heteroatoms. The molecule has 0 bridgehead atoms. The van der Waals surface area contributed by atoms with Gasteiger partial charge in [-0.3, -0.25) is 0 Å². The molecule has 0 saturated carbocycles. The van der Waals surface area contributed by atoms with E-state index < -0.39 is 5.97 Å². The van der Waals surface area contributed by atoms with Gasteiger partial charge in [0.1, 0.15) is 5.69 Å². The van der Waals surface area contributed by atoms with E-state index in [0.717, 1.165) is 17.9 Å². The molecule has 1 aromatic rings. The van der Waals surface area contributed by atoms with Crippen LogP contribution in [0.4, 0.5) is 5.69 Å². The van der Waals surface area contributed by atoms with Crippen molar-refractivity contribution in [1.29, 1.82) is 0 Å². The first-order valence-corrected chi connectivity index (χ1v) is 6.90. The highest BCUT2D eigenvalue weighted by Crippen LogP contribution is 2.13. The third-order valence-corrected chi connectivity index (χ3v) is 3.12. The van der Waals surface area contributed by atoms with E-state index in [1.54, 1.807) is 24.0 Å². The molecule has 1 rings (SSSR count). The number of esters is 1. The number of hydrogen-bond acceptors (Lipinski definition) is 5. The van der Waals surface area contributed by atoms with Gasteiger partial charge in [0.2, 0.25) is 0 Å². The number of ether oxygens (including phenoxy) is 1. The van der Waals surface area contributed by atoms with Crippen LogP contribution in [-0.2, 0) is 4.74 Å². The second-order valence-corrected chi connectivity index (χ2v) is 4.54. The highest BCUT2D eigenvalue weighted by molar-refractivity contribution is 7.98. The Hall–Kier alpha value is -1.23. The lowest BCUT2D eigenvalue weighted by molar-refractivity contribution is 0.0594. The van der Waals surface area contributed by atoms with Crippen LogP contribution in [0.5, 0.6) is 0 Å². The quantitative estimate of drug-likeness (QED) is 0.790. The van der Waals surface area contributed by atoms with Crippen molar-refractivity contribution in [2.45, 2.75) is 19.4 Å². The normalized spacial score (nSPS) is 11.9. The van der Waals surface area contributed by atoms with Crippen LogP contribution in [-0.4, -0.2) is 36.1 Å². The molecule has 94 valence electrons. The minimum absolute atomic E-state index is 0.330. The summed E-state index contributed by atoms with van der Waals surface area (Å²) in [6, 6.07) is 3.97. The summed E-state index contributed by atoms with van der Waals surface area (Å²) in [7, 11) is 1.35. The smallest absolute Gasteiger partial charge is 0.356 e. The Labute approximate surface area is 106 Å². The fourth-order valence-corrected chi connectivity index (χ4v) is 2.16. The van der Waals surface area contributed by atoms with Gasteiger partial charge in [-0.1, -0.05) is 6.92 Å². The molecule has 0 spiro atoms. The third-order valence-electron chi connectivity index (χ3n) is 2.39. The van der Waals surface area contributed by atoms with Crippen LogP contribution in [0.25, 0.3) is 0 Å². The highest BCUT2D eigenvalue weighted by Gasteiger charge is 2.09. The standard InChI is InChI=1S/C12H18N2O2S/c1-4-9(8-17-3)14-10-5-6-13-11(7-10)12(15)16-2/h5-7,9H,4,8H2,1-3H3,(H,13,14). The van der Waals surface area contributed by atoms with Gasteiger partial charge in [-0.25, -0.2) is 9.78 Å². The van der Waals surface area contributed by atoms with Gasteiger partial charge >= 0.3 is 5.97 Å². The summed E-state index contributed by atoms with van der Waals surface area (Å²) < 4.78 is 4.64. The molecule has 0 radical (unpaired) electrons. The lowest BCUT2D eigenvalue weighted by atomic mass is 10.2. The number of nitrogens with zero attached hydrogens (tertiary/aromatic N) is 1. The third kappa shape index (κ3) is 4.26. The van der Waals surface area contributed by atoms with Gasteiger partial charge in [0.25, 0.3) is 0 Å². The number of carbonyl (C=O) groups excluding carboxylic acids is 1. The van der Waals surface area contributed by atoms with E-state index in [1.165, 1.54) is 7.11 Å². The molecular weight excluding hydrogens is 236 g/mol. The van der Waals surface area contributed by atoms with Crippen molar-refractivity contribution in [2.24, 2.45) is 0 Å². The molecule has 0 saturated heterocycles. The number of rotatable bonds is 6. The van der Waals surface area contributed by atoms with Crippen molar-refractivity contribution < 1.29 is 9.53 Å². The average Bonchev–Trinajstić information content (AvgIpc) is 2.37. The molecule has 17 heavy (non-hydrogen) atoms. The number of anilines is 1. The zero-order valence-electron chi connectivity index (χ0n) is 10.4. The second kappa shape index (κ2) is 7.17. The number of aromatic nitrogens is 1. The van der Waals surface area contributed by atoms with Gasteiger partial charge in [0, 0.05) is 23.7 Å². The molecule has 0 aliphatic rings. The van der Waals surface area contributed by atoms with Gasteiger partial charge in [-0.2, -0.15) is 11.8 Å². The molecule has 0 aromatic carbocycles. The molecule has 4 nitrogen and oxygen atoms in total. The van der Waals surface area contributed by atoms with Crippen LogP contribution < -0.4 is 5.32 Å². The summed E-state index contributed by atoms with van der Waals surface area (Å²) in [6.45, 7) is 2.14. The number of thioether (sulfide) groups is 1. The highest BCUT2D eigenvalue weighted by atomic mass is 32.2. The number of pyridine rings is 1. The number of carbonyl (C=O) groups is 1. The van der Waals surface area contributed by atoms with Crippen LogP contribution in [0.1, 0.15) is 23.8 Å². The van der Waals surface area contributed by atoms with E-state index in [2.05, 4.69) is 28.2 Å². The summed E-state index contributed by atoms with van der Waals surface area (Å²) in [5, 5.41) is 3.38. The minimum Gasteiger partial charge on any atom is -0.464 e. The van der Waals surface area contributed by atoms with Crippen molar-refractivity contribution in [3.05, 3.63) is 24.0 Å². The minimum atomic E-state index is -0.411. The van der Waals surface area contributed by atoms with Gasteiger partial charge in [-0.05, 0) is 24.8 Å². The van der Waals surface area contributed by atoms with Crippen LogP contribution in [0, 0.1) is 0 Å². The average molecular weight is 254 g/mol. The summed E-state index contributed by atoms with van der Waals surface area (Å²) >= 11 is 1.80. The predicted molar refractivity (Wildman–Crippen MR) is 71.7 cm³/mol. The van der Waals surface area contributed by atoms with Gasteiger partial charge in [0.05, 0.1) is 7.11 Å². The summed E-state index contributed by atoms with van der Waals surface area (Å²) in [6.07, 6.45) is 4.73. The van der Waals surface area contributed by atoms with Crippen molar-refractivity contribution in [3.63, 3.8) is 0 Å². The lowest BCUT2D eigenvalue weighted by Gasteiger charge is -2.17. The first-order valence-electron chi connectivity index (χ1n) is 5.51. The van der Waals surface area contributed by atoms with Crippen LogP contribution in [0.15, 0.2) is 18.3 Å². The Balaban J connectivity index is 2.74. The zero-order valence-corrected chi connectivity index (χ0v) is 11.2. The maximum Gasteiger partial charge on any atom is 0.356 e. The molecule has 0 aliphatic heterocycles. The largest absolute Gasteiger partial charge is 0.464 e. The molecule has 1 N–H and O–H groups in total. The number of hydrogen-bond donors (Lipinski definition) is 1. The maximum atomic E-state index is 11.3. The van der Waals surface area contributed by atoms with Crippen LogP contribution >= 0.6 is 11.8 Å². The Morgan fingerprint density at radius 2 is 2.41 bits per heavy atom. The SMILES string of the molecule is CCC(CSC)Nc1ccnc(C(=O)OC)c1. The Kier molecular flexibility index (Phi) is 5.83. The summed E-state index contributed by atoms with van der Waals surface area (Å²) in [5.74, 6) is 0.624. The maximum absolute atomic E-state index is 11.3. The molecule has 0 fully saturated rings. The van der Waals surface area contributed by atoms with Gasteiger partial charge < -0.3 is 10.1 Å². The van der Waals surface area contributed by atoms with Crippen molar-refractivity contribution >= 4 is 23.4 Å². The van der Waals surface area contributed by atoms with Crippen molar-refractivity contribution in [2.75, 3.05) is 24.4 Å². The van der Waals surface area contributed by atoms with Gasteiger partial charge in [-0.15, -0.1) is 0 Å². The van der Waals surface area contributed by atoms with E-state index in [9.17, 15) is 4.79 Å². The summed E-state index contributed by atoms with van der Waals surface area (Å²) in [4.78, 5) is 15.3. The fraction of sp³-hybridized carbons (Fsp3) is 0.500. The first-order chi connectivity index (χ1) is 8.21. The molecule has 1 heterocycles. The van der Waals surface area contributed by atoms with E-state index in [0.29, 0.717) is 11.7 Å². The molecule has 1 atom stereocenters. The predicted octanol–water partition coefficient (Wildman–Crippen LogP) is 2.42. The second-order valence-electron chi connectivity index (χ2n) is 3.63. The summed E-state index contributed by atoms with van der Waals surface area (Å²) in [5.41, 5.74) is 1.23. The van der Waals surface area contributed by atoms with Gasteiger partial charge in [0.15, 0.2) is 0 Å². The van der Waals surface area contributed by atoms with E-state index in [1.807, 2.05) is 6.07 Å². The van der Waals surface area contributed by atoms with E-state index >= 15 is 0 Å². The zero-order chi connectivity index (χ0) is 12.7. The van der Waals surface area contributed by atoms with Crippen molar-refractivity contribution in [1.82, 2.24) is 4.98 Å². The lowest BCUT2D eigenvalue weighted by Crippen LogP contribution is -2.21. The van der Waals surface area contributed by atoms with Crippen LogP contribution in [0.2, 0.25) is 0 Å². The monoisotopic (exact) mass is 254 g/mol. The molecule has 1 unspecified atom stereocenters. The Morgan fingerprint density at radius 3 is 3.00 bits per heavy atom. The molecular formula is C12H18N2O2S. The van der Waals surface area contributed by atoms with E-state index in [-0.39, 0.29) is 0 Å². The molecule has 0 amide bonds. The van der Waals surface area contributed by atoms with Crippen LogP contribution in [0.3, 0.4) is 0 Å². The van der Waals surface area contributed by atoms with Crippen molar-refractivity contribution in [3.8, 4) is 0 Å². The molecule has 0 aliphatic carbocycles. The topological polar surface area (TPSA) is 51.2 Å². The van der Waals surface area contributed by atoms with E-state index in [4.69, 9.17) is 0 Å². The fourth-order valence-electron chi connectivity index (χ4n) is 1.43. The first kappa shape index (κ1) is 13.8. The Bertz CT molecular complexity index is 371. The Morgan fingerprint density at radius 1 is 1.65 bits per heavy atom.